The van der Waals surface area contributed by atoms with Crippen LogP contribution in [0, 0.1) is 0 Å². The molecule has 0 aliphatic carbocycles. The number of para-hydroxylation sites is 1. The number of hydrogen-bond acceptors (Lipinski definition) is 4. The predicted octanol–water partition coefficient (Wildman–Crippen LogP) is 3.77. The van der Waals surface area contributed by atoms with Crippen LogP contribution in [0.2, 0.25) is 0 Å². The number of benzene rings is 2. The van der Waals surface area contributed by atoms with Gasteiger partial charge in [-0.15, -0.1) is 0 Å². The molecule has 0 atom stereocenters. The molecule has 0 saturated heterocycles. The molecule has 0 bridgehead atoms. The lowest BCUT2D eigenvalue weighted by atomic mass is 10.1. The van der Waals surface area contributed by atoms with Crippen LogP contribution in [0.4, 0.5) is 0 Å². The second-order valence-electron chi connectivity index (χ2n) is 6.34. The molecule has 0 spiro atoms. The molecule has 2 aromatic heterocycles. The smallest absolute Gasteiger partial charge is 0.267 e. The lowest BCUT2D eigenvalue weighted by Crippen LogP contribution is -2.41. The van der Waals surface area contributed by atoms with Crippen LogP contribution in [0.1, 0.15) is 20.7 Å². The van der Waals surface area contributed by atoms with Gasteiger partial charge in [-0.2, -0.15) is 5.10 Å². The van der Waals surface area contributed by atoms with E-state index in [9.17, 15) is 9.59 Å². The van der Waals surface area contributed by atoms with Gasteiger partial charge < -0.3 is 0 Å². The van der Waals surface area contributed by atoms with E-state index in [1.54, 1.807) is 23.1 Å². The number of hydrogen-bond donors (Lipinski definition) is 2. The van der Waals surface area contributed by atoms with Gasteiger partial charge in [0.05, 0.1) is 16.8 Å². The Morgan fingerprint density at radius 2 is 1.53 bits per heavy atom. The minimum atomic E-state index is -0.479. The highest BCUT2D eigenvalue weighted by molar-refractivity contribution is 9.10. The summed E-state index contributed by atoms with van der Waals surface area (Å²) in [6.07, 6.45) is 4.62. The molecular weight excluding hydrogens is 446 g/mol. The van der Waals surface area contributed by atoms with E-state index in [1.165, 1.54) is 6.20 Å². The van der Waals surface area contributed by atoms with Crippen molar-refractivity contribution < 1.29 is 9.59 Å². The molecule has 0 radical (unpaired) electrons. The second-order valence-corrected chi connectivity index (χ2v) is 7.25. The number of pyridine rings is 1. The van der Waals surface area contributed by atoms with Crippen LogP contribution in [-0.4, -0.2) is 26.6 Å². The number of nitrogens with zero attached hydrogens (tertiary/aromatic N) is 3. The molecule has 2 heterocycles. The molecule has 0 aliphatic rings. The lowest BCUT2D eigenvalue weighted by molar-refractivity contribution is 0.0846. The Bertz CT molecular complexity index is 1190. The number of hydrazine groups is 1. The summed E-state index contributed by atoms with van der Waals surface area (Å²) >= 11 is 3.27. The summed E-state index contributed by atoms with van der Waals surface area (Å²) < 4.78 is 2.30. The number of carbonyl (C=O) groups excluding carboxylic acids is 2. The van der Waals surface area contributed by atoms with Crippen molar-refractivity contribution in [3.05, 3.63) is 101 Å². The Morgan fingerprint density at radius 3 is 2.23 bits per heavy atom. The molecule has 2 N–H and O–H groups in total. The van der Waals surface area contributed by atoms with Crippen LogP contribution in [-0.2, 0) is 0 Å². The maximum Gasteiger partial charge on any atom is 0.273 e. The van der Waals surface area contributed by atoms with E-state index in [0.717, 1.165) is 11.3 Å². The second kappa shape index (κ2) is 8.71. The molecular formula is C22H16BrN5O2. The van der Waals surface area contributed by atoms with E-state index in [4.69, 9.17) is 0 Å². The van der Waals surface area contributed by atoms with Crippen molar-refractivity contribution in [3.63, 3.8) is 0 Å². The first-order valence-electron chi connectivity index (χ1n) is 9.03. The highest BCUT2D eigenvalue weighted by atomic mass is 79.9. The van der Waals surface area contributed by atoms with Crippen LogP contribution in [0.5, 0.6) is 0 Å². The van der Waals surface area contributed by atoms with Crippen LogP contribution in [0.25, 0.3) is 16.9 Å². The van der Waals surface area contributed by atoms with Crippen molar-refractivity contribution in [2.45, 2.75) is 0 Å². The zero-order chi connectivity index (χ0) is 20.9. The molecule has 7 nitrogen and oxygen atoms in total. The minimum Gasteiger partial charge on any atom is -0.267 e. The lowest BCUT2D eigenvalue weighted by Gasteiger charge is -2.07. The predicted molar refractivity (Wildman–Crippen MR) is 116 cm³/mol. The maximum atomic E-state index is 12.9. The van der Waals surface area contributed by atoms with Gasteiger partial charge in [0.15, 0.2) is 0 Å². The van der Waals surface area contributed by atoms with Gasteiger partial charge in [0.25, 0.3) is 11.8 Å². The first kappa shape index (κ1) is 19.5. The molecule has 148 valence electrons. The van der Waals surface area contributed by atoms with E-state index in [0.29, 0.717) is 21.3 Å². The van der Waals surface area contributed by atoms with E-state index in [1.807, 2.05) is 60.7 Å². The topological polar surface area (TPSA) is 88.9 Å². The molecule has 30 heavy (non-hydrogen) atoms. The van der Waals surface area contributed by atoms with Crippen molar-refractivity contribution in [2.75, 3.05) is 0 Å². The number of halogens is 1. The van der Waals surface area contributed by atoms with Gasteiger partial charge in [-0.25, -0.2) is 4.68 Å². The SMILES string of the molecule is O=C(NNC(=O)c1cn(-c2ccccc2)nc1-c1ccccc1)c1cncc(Br)c1. The molecule has 0 aliphatic heterocycles. The normalized spacial score (nSPS) is 10.4. The fourth-order valence-corrected chi connectivity index (χ4v) is 3.22. The fourth-order valence-electron chi connectivity index (χ4n) is 2.85. The molecule has 2 amide bonds. The van der Waals surface area contributed by atoms with Crippen LogP contribution < -0.4 is 10.9 Å². The Morgan fingerprint density at radius 1 is 0.867 bits per heavy atom. The molecule has 8 heteroatoms. The van der Waals surface area contributed by atoms with E-state index < -0.39 is 11.8 Å². The monoisotopic (exact) mass is 461 g/mol. The Hall–Kier alpha value is -3.78. The van der Waals surface area contributed by atoms with Gasteiger partial charge >= 0.3 is 0 Å². The van der Waals surface area contributed by atoms with Crippen molar-refractivity contribution in [1.82, 2.24) is 25.6 Å². The van der Waals surface area contributed by atoms with Crippen LogP contribution in [0.3, 0.4) is 0 Å². The third-order valence-corrected chi connectivity index (χ3v) is 4.72. The van der Waals surface area contributed by atoms with Crippen molar-refractivity contribution in [1.29, 1.82) is 0 Å². The largest absolute Gasteiger partial charge is 0.273 e. The number of carbonyl (C=O) groups is 2. The van der Waals surface area contributed by atoms with Crippen LogP contribution in [0.15, 0.2) is 89.8 Å². The minimum absolute atomic E-state index is 0.313. The molecule has 0 fully saturated rings. The summed E-state index contributed by atoms with van der Waals surface area (Å²) in [6, 6.07) is 20.5. The zero-order valence-corrected chi connectivity index (χ0v) is 17.2. The first-order valence-corrected chi connectivity index (χ1v) is 9.83. The summed E-state index contributed by atoms with van der Waals surface area (Å²) in [5, 5.41) is 4.60. The summed E-state index contributed by atoms with van der Waals surface area (Å²) in [5.41, 5.74) is 7.64. The molecule has 2 aromatic carbocycles. The average molecular weight is 462 g/mol. The number of nitrogens with one attached hydrogen (secondary N) is 2. The van der Waals surface area contributed by atoms with E-state index in [-0.39, 0.29) is 0 Å². The average Bonchev–Trinajstić information content (AvgIpc) is 3.24. The summed E-state index contributed by atoms with van der Waals surface area (Å²) in [5.74, 6) is -0.957. The summed E-state index contributed by atoms with van der Waals surface area (Å²) in [6.45, 7) is 0. The Labute approximate surface area is 180 Å². The quantitative estimate of drug-likeness (QED) is 0.452. The van der Waals surface area contributed by atoms with Crippen LogP contribution >= 0.6 is 15.9 Å². The summed E-state index contributed by atoms with van der Waals surface area (Å²) in [7, 11) is 0. The standard InChI is InChI=1S/C22H16BrN5O2/c23-17-11-16(12-24-13-17)21(29)25-26-22(30)19-14-28(18-9-5-2-6-10-18)27-20(19)15-7-3-1-4-8-15/h1-14H,(H,25,29)(H,26,30). The zero-order valence-electron chi connectivity index (χ0n) is 15.6. The van der Waals surface area contributed by atoms with Gasteiger partial charge in [0, 0.05) is 28.6 Å². The van der Waals surface area contributed by atoms with Gasteiger partial charge in [-0.05, 0) is 34.1 Å². The van der Waals surface area contributed by atoms with Gasteiger partial charge in [0.1, 0.15) is 5.69 Å². The Balaban J connectivity index is 1.61. The molecule has 0 saturated carbocycles. The number of amides is 2. The third-order valence-electron chi connectivity index (χ3n) is 4.28. The van der Waals surface area contributed by atoms with Crippen molar-refractivity contribution in [3.8, 4) is 16.9 Å². The van der Waals surface area contributed by atoms with E-state index >= 15 is 0 Å². The number of aromatic nitrogens is 3. The van der Waals surface area contributed by atoms with E-state index in [2.05, 4.69) is 36.9 Å². The molecule has 4 aromatic rings. The van der Waals surface area contributed by atoms with Gasteiger partial charge in [0.2, 0.25) is 0 Å². The van der Waals surface area contributed by atoms with Crippen molar-refractivity contribution in [2.24, 2.45) is 0 Å². The van der Waals surface area contributed by atoms with Gasteiger partial charge in [-0.1, -0.05) is 48.5 Å². The third kappa shape index (κ3) is 4.28. The highest BCUT2D eigenvalue weighted by Gasteiger charge is 2.19. The number of rotatable bonds is 4. The maximum absolute atomic E-state index is 12.9. The fraction of sp³-hybridized carbons (Fsp3) is 0. The first-order chi connectivity index (χ1) is 14.6. The summed E-state index contributed by atoms with van der Waals surface area (Å²) in [4.78, 5) is 29.1. The Kier molecular flexibility index (Phi) is 5.67. The van der Waals surface area contributed by atoms with Crippen molar-refractivity contribution >= 4 is 27.7 Å². The highest BCUT2D eigenvalue weighted by Crippen LogP contribution is 2.23. The molecule has 4 rings (SSSR count). The van der Waals surface area contributed by atoms with Gasteiger partial charge in [-0.3, -0.25) is 25.4 Å². The molecule has 0 unspecified atom stereocenters.